The number of halogens is 1. The number of hydrogen-bond donors (Lipinski definition) is 1. The molecule has 1 unspecified atom stereocenters. The summed E-state index contributed by atoms with van der Waals surface area (Å²) in [6, 6.07) is 7.11. The summed E-state index contributed by atoms with van der Waals surface area (Å²) in [7, 11) is 2.20. The molecule has 0 bridgehead atoms. The Morgan fingerprint density at radius 3 is 3.19 bits per heavy atom. The molecule has 3 rings (SSSR count). The summed E-state index contributed by atoms with van der Waals surface area (Å²) in [5.41, 5.74) is 4.17. The third-order valence-electron chi connectivity index (χ3n) is 3.53. The number of likely N-dealkylation sites (N-methyl/N-ethyl adjacent to an activating group) is 1. The van der Waals surface area contributed by atoms with E-state index in [1.165, 1.54) is 29.7 Å². The maximum atomic E-state index is 3.55. The largest absolute Gasteiger partial charge is 0.391 e. The summed E-state index contributed by atoms with van der Waals surface area (Å²) in [6.45, 7) is 1.10. The van der Waals surface area contributed by atoms with Gasteiger partial charge < -0.3 is 10.2 Å². The fourth-order valence-electron chi connectivity index (χ4n) is 2.70. The fourth-order valence-corrected chi connectivity index (χ4v) is 3.05. The van der Waals surface area contributed by atoms with Crippen LogP contribution < -0.4 is 10.2 Å². The van der Waals surface area contributed by atoms with Crippen LogP contribution >= 0.6 is 15.9 Å². The number of hydrogen-bond acceptors (Lipinski definition) is 2. The Labute approximate surface area is 104 Å². The minimum Gasteiger partial charge on any atom is -0.391 e. The van der Waals surface area contributed by atoms with Crippen molar-refractivity contribution in [1.29, 1.82) is 0 Å². The molecule has 0 saturated carbocycles. The first kappa shape index (κ1) is 10.2. The summed E-state index contributed by atoms with van der Waals surface area (Å²) in [5.74, 6) is 0. The third-order valence-corrected chi connectivity index (χ3v) is 4.03. The Morgan fingerprint density at radius 1 is 1.44 bits per heavy atom. The lowest BCUT2D eigenvalue weighted by atomic mass is 10.0. The van der Waals surface area contributed by atoms with Crippen LogP contribution in [0.1, 0.15) is 18.4 Å². The first-order valence-electron chi connectivity index (χ1n) is 5.73. The molecular weight excluding hydrogens is 264 g/mol. The Bertz CT molecular complexity index is 453. The molecular formula is C13H15BrN2. The quantitative estimate of drug-likeness (QED) is 0.785. The number of nitrogens with zero attached hydrogens (tertiary/aromatic N) is 1. The van der Waals surface area contributed by atoms with Crippen molar-refractivity contribution in [2.24, 2.45) is 0 Å². The van der Waals surface area contributed by atoms with Gasteiger partial charge in [-0.1, -0.05) is 22.0 Å². The molecule has 0 saturated heterocycles. The van der Waals surface area contributed by atoms with Crippen LogP contribution in [0, 0.1) is 0 Å². The van der Waals surface area contributed by atoms with E-state index in [1.54, 1.807) is 0 Å². The van der Waals surface area contributed by atoms with Crippen LogP contribution in [-0.4, -0.2) is 19.6 Å². The predicted molar refractivity (Wildman–Crippen MR) is 71.5 cm³/mol. The molecule has 2 aliphatic rings. The lowest BCUT2D eigenvalue weighted by Gasteiger charge is -2.22. The third kappa shape index (κ3) is 1.46. The van der Waals surface area contributed by atoms with Gasteiger partial charge in [0.15, 0.2) is 0 Å². The van der Waals surface area contributed by atoms with Crippen LogP contribution in [0.3, 0.4) is 0 Å². The molecule has 0 spiro atoms. The maximum absolute atomic E-state index is 3.55. The molecule has 1 aromatic carbocycles. The van der Waals surface area contributed by atoms with E-state index in [0.29, 0.717) is 6.04 Å². The van der Waals surface area contributed by atoms with Crippen molar-refractivity contribution in [3.05, 3.63) is 34.4 Å². The molecule has 2 aliphatic heterocycles. The van der Waals surface area contributed by atoms with Crippen molar-refractivity contribution in [2.75, 3.05) is 18.5 Å². The Balaban J connectivity index is 2.13. The molecule has 0 radical (unpaired) electrons. The van der Waals surface area contributed by atoms with Gasteiger partial charge in [0, 0.05) is 35.5 Å². The molecule has 0 fully saturated rings. The van der Waals surface area contributed by atoms with Crippen molar-refractivity contribution >= 4 is 27.2 Å². The highest BCUT2D eigenvalue weighted by Gasteiger charge is 2.31. The highest BCUT2D eigenvalue weighted by atomic mass is 79.9. The molecule has 2 heterocycles. The van der Waals surface area contributed by atoms with Gasteiger partial charge in [-0.3, -0.25) is 0 Å². The Hall–Kier alpha value is -0.960. The molecule has 1 aromatic rings. The smallest absolute Gasteiger partial charge is 0.0561 e. The van der Waals surface area contributed by atoms with Crippen LogP contribution in [0.2, 0.25) is 0 Å². The molecule has 1 N–H and O–H groups in total. The average Bonchev–Trinajstić information content (AvgIpc) is 2.47. The van der Waals surface area contributed by atoms with E-state index in [4.69, 9.17) is 0 Å². The van der Waals surface area contributed by atoms with Gasteiger partial charge in [0.1, 0.15) is 0 Å². The second-order valence-electron chi connectivity index (χ2n) is 4.48. The lowest BCUT2D eigenvalue weighted by Crippen LogP contribution is -2.26. The van der Waals surface area contributed by atoms with Crippen LogP contribution in [-0.2, 0) is 0 Å². The van der Waals surface area contributed by atoms with Crippen LogP contribution in [0.4, 0.5) is 5.69 Å². The first-order chi connectivity index (χ1) is 7.77. The minimum absolute atomic E-state index is 0.555. The fraction of sp³-hybridized carbons (Fsp3) is 0.385. The highest BCUT2D eigenvalue weighted by molar-refractivity contribution is 9.10. The predicted octanol–water partition coefficient (Wildman–Crippen LogP) is 2.99. The zero-order chi connectivity index (χ0) is 11.1. The molecule has 0 aromatic heterocycles. The summed E-state index contributed by atoms with van der Waals surface area (Å²) in [5, 5.41) is 3.39. The van der Waals surface area contributed by atoms with Gasteiger partial charge in [-0.15, -0.1) is 0 Å². The van der Waals surface area contributed by atoms with Gasteiger partial charge in [-0.25, -0.2) is 0 Å². The second-order valence-corrected chi connectivity index (χ2v) is 5.40. The van der Waals surface area contributed by atoms with Crippen LogP contribution in [0.5, 0.6) is 0 Å². The van der Waals surface area contributed by atoms with Crippen molar-refractivity contribution in [3.8, 4) is 0 Å². The summed E-state index contributed by atoms with van der Waals surface area (Å²) >= 11 is 3.55. The molecule has 84 valence electrons. The van der Waals surface area contributed by atoms with Crippen molar-refractivity contribution < 1.29 is 0 Å². The van der Waals surface area contributed by atoms with Crippen molar-refractivity contribution in [2.45, 2.75) is 18.9 Å². The van der Waals surface area contributed by atoms with E-state index in [-0.39, 0.29) is 0 Å². The standard InChI is InChI=1S/C13H15BrN2/c1-16-12-3-2-6-15-8-11(12)10-5-4-9(14)7-13(10)16/h4-5,7-8,12,15H,2-3,6H2,1H3. The molecule has 1 atom stereocenters. The average molecular weight is 279 g/mol. The monoisotopic (exact) mass is 278 g/mol. The number of rotatable bonds is 0. The molecule has 2 nitrogen and oxygen atoms in total. The maximum Gasteiger partial charge on any atom is 0.0561 e. The van der Waals surface area contributed by atoms with E-state index in [2.05, 4.69) is 57.6 Å². The van der Waals surface area contributed by atoms with E-state index in [1.807, 2.05) is 0 Å². The van der Waals surface area contributed by atoms with Gasteiger partial charge in [-0.2, -0.15) is 0 Å². The zero-order valence-corrected chi connectivity index (χ0v) is 10.9. The minimum atomic E-state index is 0.555. The molecule has 0 aliphatic carbocycles. The number of anilines is 1. The van der Waals surface area contributed by atoms with Crippen LogP contribution in [0.25, 0.3) is 5.57 Å². The van der Waals surface area contributed by atoms with Crippen molar-refractivity contribution in [1.82, 2.24) is 5.32 Å². The zero-order valence-electron chi connectivity index (χ0n) is 9.33. The normalized spacial score (nSPS) is 23.0. The van der Waals surface area contributed by atoms with Crippen molar-refractivity contribution in [3.63, 3.8) is 0 Å². The van der Waals surface area contributed by atoms with Gasteiger partial charge in [-0.05, 0) is 30.5 Å². The SMILES string of the molecule is CN1c2cc(Br)ccc2C2=CNCCCC21. The lowest BCUT2D eigenvalue weighted by molar-refractivity contribution is 0.660. The summed E-state index contributed by atoms with van der Waals surface area (Å²) in [6.07, 6.45) is 4.68. The Morgan fingerprint density at radius 2 is 2.31 bits per heavy atom. The second kappa shape index (κ2) is 3.81. The number of nitrogens with one attached hydrogen (secondary N) is 1. The molecule has 16 heavy (non-hydrogen) atoms. The molecule has 3 heteroatoms. The first-order valence-corrected chi connectivity index (χ1v) is 6.53. The Kier molecular flexibility index (Phi) is 2.43. The van der Waals surface area contributed by atoms with Gasteiger partial charge in [0.05, 0.1) is 6.04 Å². The number of benzene rings is 1. The van der Waals surface area contributed by atoms with E-state index in [0.717, 1.165) is 11.0 Å². The summed E-state index contributed by atoms with van der Waals surface area (Å²) in [4.78, 5) is 2.40. The number of fused-ring (bicyclic) bond motifs is 3. The van der Waals surface area contributed by atoms with E-state index < -0.39 is 0 Å². The molecule has 0 amide bonds. The van der Waals surface area contributed by atoms with Gasteiger partial charge >= 0.3 is 0 Å². The van der Waals surface area contributed by atoms with Gasteiger partial charge in [0.25, 0.3) is 0 Å². The van der Waals surface area contributed by atoms with E-state index in [9.17, 15) is 0 Å². The summed E-state index contributed by atoms with van der Waals surface area (Å²) < 4.78 is 1.16. The van der Waals surface area contributed by atoms with Gasteiger partial charge in [0.2, 0.25) is 0 Å². The topological polar surface area (TPSA) is 15.3 Å². The van der Waals surface area contributed by atoms with E-state index >= 15 is 0 Å². The van der Waals surface area contributed by atoms with Crippen LogP contribution in [0.15, 0.2) is 28.9 Å². The highest BCUT2D eigenvalue weighted by Crippen LogP contribution is 2.42.